The summed E-state index contributed by atoms with van der Waals surface area (Å²) in [6.07, 6.45) is 1.24. The van der Waals surface area contributed by atoms with Crippen molar-refractivity contribution in [2.75, 3.05) is 0 Å². The van der Waals surface area contributed by atoms with Crippen LogP contribution in [0.15, 0.2) is 51.2 Å². The normalized spacial score (nSPS) is 10.8. The quantitative estimate of drug-likeness (QED) is 0.759. The number of amides is 1. The van der Waals surface area contributed by atoms with Gasteiger partial charge in [-0.2, -0.15) is 5.10 Å². The molecule has 0 saturated heterocycles. The number of nitrogens with one attached hydrogen (secondary N) is 1. The number of nitrogens with zero attached hydrogens (tertiary/aromatic N) is 2. The number of aromatic nitrogens is 2. The number of thiophene rings is 1. The lowest BCUT2D eigenvalue weighted by atomic mass is 10.2. The van der Waals surface area contributed by atoms with Crippen molar-refractivity contribution in [1.82, 2.24) is 15.1 Å². The van der Waals surface area contributed by atoms with Crippen molar-refractivity contribution in [2.24, 2.45) is 0 Å². The Kier molecular flexibility index (Phi) is 4.35. The summed E-state index contributed by atoms with van der Waals surface area (Å²) < 4.78 is 2.53. The molecule has 0 aliphatic carbocycles. The SMILES string of the molecule is O=C(Cn1ncc(=O)c2ccccc21)NCc1sccc1Br. The van der Waals surface area contributed by atoms with Gasteiger partial charge in [-0.1, -0.05) is 12.1 Å². The van der Waals surface area contributed by atoms with Crippen molar-refractivity contribution < 1.29 is 4.79 Å². The molecule has 0 aliphatic rings. The molecule has 22 heavy (non-hydrogen) atoms. The summed E-state index contributed by atoms with van der Waals surface area (Å²) in [5.41, 5.74) is 0.511. The predicted octanol–water partition coefficient (Wildman–Crippen LogP) is 2.54. The molecule has 2 aromatic heterocycles. The van der Waals surface area contributed by atoms with Gasteiger partial charge in [0.05, 0.1) is 18.3 Å². The molecule has 0 fully saturated rings. The first-order chi connectivity index (χ1) is 10.6. The molecule has 2 heterocycles. The molecule has 0 bridgehead atoms. The van der Waals surface area contributed by atoms with Gasteiger partial charge in [-0.15, -0.1) is 11.3 Å². The van der Waals surface area contributed by atoms with Crippen LogP contribution >= 0.6 is 27.3 Å². The maximum Gasteiger partial charge on any atom is 0.242 e. The van der Waals surface area contributed by atoms with Crippen molar-refractivity contribution in [3.63, 3.8) is 0 Å². The van der Waals surface area contributed by atoms with Crippen molar-refractivity contribution in [3.8, 4) is 0 Å². The van der Waals surface area contributed by atoms with E-state index in [1.165, 1.54) is 10.9 Å². The highest BCUT2D eigenvalue weighted by Gasteiger charge is 2.09. The smallest absolute Gasteiger partial charge is 0.242 e. The van der Waals surface area contributed by atoms with Crippen LogP contribution in [0.2, 0.25) is 0 Å². The van der Waals surface area contributed by atoms with Crippen molar-refractivity contribution in [3.05, 3.63) is 61.5 Å². The third-order valence-corrected chi connectivity index (χ3v) is 5.12. The van der Waals surface area contributed by atoms with E-state index in [-0.39, 0.29) is 17.9 Å². The number of rotatable bonds is 4. The average Bonchev–Trinajstić information content (AvgIpc) is 2.94. The van der Waals surface area contributed by atoms with Crippen LogP contribution in [0.25, 0.3) is 10.9 Å². The predicted molar refractivity (Wildman–Crippen MR) is 89.9 cm³/mol. The maximum atomic E-state index is 12.1. The highest BCUT2D eigenvalue weighted by atomic mass is 79.9. The van der Waals surface area contributed by atoms with Gasteiger partial charge in [-0.05, 0) is 39.5 Å². The van der Waals surface area contributed by atoms with Crippen LogP contribution in [0.4, 0.5) is 0 Å². The second kappa shape index (κ2) is 6.41. The number of hydrogen-bond donors (Lipinski definition) is 1. The minimum absolute atomic E-state index is 0.0732. The molecular weight excluding hydrogens is 366 g/mol. The molecule has 1 amide bonds. The Labute approximate surface area is 138 Å². The minimum Gasteiger partial charge on any atom is -0.350 e. The molecule has 0 aliphatic heterocycles. The van der Waals surface area contributed by atoms with Gasteiger partial charge in [-0.25, -0.2) is 0 Å². The number of benzene rings is 1. The zero-order chi connectivity index (χ0) is 15.5. The topological polar surface area (TPSA) is 64.0 Å². The largest absolute Gasteiger partial charge is 0.350 e. The van der Waals surface area contributed by atoms with E-state index in [0.717, 1.165) is 9.35 Å². The number of fused-ring (bicyclic) bond motifs is 1. The Hall–Kier alpha value is -1.99. The van der Waals surface area contributed by atoms with Crippen LogP contribution in [0, 0.1) is 0 Å². The molecule has 0 atom stereocenters. The van der Waals surface area contributed by atoms with Gasteiger partial charge in [0.15, 0.2) is 0 Å². The van der Waals surface area contributed by atoms with E-state index < -0.39 is 0 Å². The first kappa shape index (κ1) is 14.9. The fraction of sp³-hybridized carbons (Fsp3) is 0.133. The summed E-state index contributed by atoms with van der Waals surface area (Å²) in [5, 5.41) is 9.42. The molecule has 0 saturated carbocycles. The van der Waals surface area contributed by atoms with Crippen LogP contribution in [-0.2, 0) is 17.9 Å². The van der Waals surface area contributed by atoms with E-state index in [9.17, 15) is 9.59 Å². The Bertz CT molecular complexity index is 888. The van der Waals surface area contributed by atoms with Crippen molar-refractivity contribution >= 4 is 44.1 Å². The van der Waals surface area contributed by atoms with Gasteiger partial charge in [0.1, 0.15) is 6.54 Å². The monoisotopic (exact) mass is 377 g/mol. The van der Waals surface area contributed by atoms with E-state index in [1.54, 1.807) is 29.5 Å². The lowest BCUT2D eigenvalue weighted by molar-refractivity contribution is -0.121. The molecule has 0 spiro atoms. The molecule has 1 N–H and O–H groups in total. The van der Waals surface area contributed by atoms with Gasteiger partial charge >= 0.3 is 0 Å². The van der Waals surface area contributed by atoms with Crippen LogP contribution in [0.3, 0.4) is 0 Å². The van der Waals surface area contributed by atoms with Gasteiger partial charge < -0.3 is 5.32 Å². The van der Waals surface area contributed by atoms with Crippen LogP contribution in [0.1, 0.15) is 4.88 Å². The Morgan fingerprint density at radius 3 is 2.91 bits per heavy atom. The van der Waals surface area contributed by atoms with E-state index in [2.05, 4.69) is 26.3 Å². The fourth-order valence-electron chi connectivity index (χ4n) is 2.11. The minimum atomic E-state index is -0.151. The molecular formula is C15H12BrN3O2S. The molecule has 1 aromatic carbocycles. The standard InChI is InChI=1S/C15H12BrN3O2S/c16-11-5-6-22-14(11)8-17-15(21)9-19-12-4-2-1-3-10(12)13(20)7-18-19/h1-7H,8-9H2,(H,17,21). The van der Waals surface area contributed by atoms with E-state index >= 15 is 0 Å². The van der Waals surface area contributed by atoms with Crippen LogP contribution < -0.4 is 10.7 Å². The number of carbonyl (C=O) groups is 1. The van der Waals surface area contributed by atoms with Crippen LogP contribution in [-0.4, -0.2) is 15.7 Å². The third-order valence-electron chi connectivity index (χ3n) is 3.19. The summed E-state index contributed by atoms with van der Waals surface area (Å²) in [5.74, 6) is -0.151. The lowest BCUT2D eigenvalue weighted by Gasteiger charge is -2.09. The first-order valence-electron chi connectivity index (χ1n) is 6.58. The zero-order valence-corrected chi connectivity index (χ0v) is 13.9. The molecule has 112 valence electrons. The molecule has 5 nitrogen and oxygen atoms in total. The summed E-state index contributed by atoms with van der Waals surface area (Å²) in [4.78, 5) is 24.9. The van der Waals surface area contributed by atoms with E-state index in [0.29, 0.717) is 17.4 Å². The Morgan fingerprint density at radius 2 is 2.14 bits per heavy atom. The highest BCUT2D eigenvalue weighted by molar-refractivity contribution is 9.10. The third kappa shape index (κ3) is 3.10. The Balaban J connectivity index is 1.76. The summed E-state index contributed by atoms with van der Waals surface area (Å²) >= 11 is 5.01. The molecule has 3 aromatic rings. The van der Waals surface area contributed by atoms with E-state index in [4.69, 9.17) is 0 Å². The number of halogens is 1. The average molecular weight is 378 g/mol. The second-order valence-electron chi connectivity index (χ2n) is 4.65. The number of para-hydroxylation sites is 1. The first-order valence-corrected chi connectivity index (χ1v) is 8.26. The van der Waals surface area contributed by atoms with Gasteiger partial charge in [-0.3, -0.25) is 14.3 Å². The highest BCUT2D eigenvalue weighted by Crippen LogP contribution is 2.22. The summed E-state index contributed by atoms with van der Waals surface area (Å²) in [7, 11) is 0. The maximum absolute atomic E-state index is 12.1. The fourth-order valence-corrected chi connectivity index (χ4v) is 3.54. The molecule has 0 radical (unpaired) electrons. The second-order valence-corrected chi connectivity index (χ2v) is 6.51. The Morgan fingerprint density at radius 1 is 1.32 bits per heavy atom. The summed E-state index contributed by atoms with van der Waals surface area (Å²) in [6.45, 7) is 0.541. The molecule has 7 heteroatoms. The van der Waals surface area contributed by atoms with Gasteiger partial charge in [0, 0.05) is 14.7 Å². The van der Waals surface area contributed by atoms with Crippen molar-refractivity contribution in [2.45, 2.75) is 13.1 Å². The van der Waals surface area contributed by atoms with Gasteiger partial charge in [0.25, 0.3) is 0 Å². The zero-order valence-electron chi connectivity index (χ0n) is 11.5. The van der Waals surface area contributed by atoms with Crippen molar-refractivity contribution in [1.29, 1.82) is 0 Å². The lowest BCUT2D eigenvalue weighted by Crippen LogP contribution is -2.28. The summed E-state index contributed by atoms with van der Waals surface area (Å²) in [6, 6.07) is 9.08. The number of carbonyl (C=O) groups excluding carboxylic acids is 1. The molecule has 0 unspecified atom stereocenters. The van der Waals surface area contributed by atoms with E-state index in [1.807, 2.05) is 17.5 Å². The molecule has 3 rings (SSSR count). The van der Waals surface area contributed by atoms with Crippen LogP contribution in [0.5, 0.6) is 0 Å². The van der Waals surface area contributed by atoms with Gasteiger partial charge in [0.2, 0.25) is 11.3 Å². The number of hydrogen-bond acceptors (Lipinski definition) is 4.